The van der Waals surface area contributed by atoms with Crippen molar-refractivity contribution in [3.8, 4) is 0 Å². The number of carbonyl (C=O) groups is 3. The minimum Gasteiger partial charge on any atom is -0.460 e. The summed E-state index contributed by atoms with van der Waals surface area (Å²) in [6.07, 6.45) is 3.76. The number of nitrogens with one attached hydrogen (secondary N) is 1. The molecule has 0 unspecified atom stereocenters. The topological polar surface area (TPSA) is 75.7 Å². The van der Waals surface area contributed by atoms with Gasteiger partial charge >= 0.3 is 5.97 Å². The fraction of sp³-hybridized carbons (Fsp3) is 0.812. The van der Waals surface area contributed by atoms with Crippen molar-refractivity contribution in [1.29, 1.82) is 0 Å². The zero-order chi connectivity index (χ0) is 16.3. The summed E-state index contributed by atoms with van der Waals surface area (Å²) in [4.78, 5) is 37.7. The van der Waals surface area contributed by atoms with Gasteiger partial charge in [0.15, 0.2) is 0 Å². The lowest BCUT2D eigenvalue weighted by Gasteiger charge is -2.24. The predicted octanol–water partition coefficient (Wildman–Crippen LogP) is 1.38. The molecule has 0 radical (unpaired) electrons. The maximum absolute atomic E-state index is 12.3. The highest BCUT2D eigenvalue weighted by molar-refractivity contribution is 5.89. The lowest BCUT2D eigenvalue weighted by Crippen LogP contribution is -2.46. The molecule has 0 bridgehead atoms. The Balaban J connectivity index is 1.80. The van der Waals surface area contributed by atoms with Crippen LogP contribution in [0.5, 0.6) is 0 Å². The van der Waals surface area contributed by atoms with Crippen LogP contribution in [-0.2, 0) is 19.1 Å². The molecule has 0 aromatic rings. The van der Waals surface area contributed by atoms with Crippen LogP contribution in [-0.4, -0.2) is 46.9 Å². The van der Waals surface area contributed by atoms with E-state index < -0.39 is 5.60 Å². The van der Waals surface area contributed by atoms with E-state index in [0.717, 1.165) is 19.3 Å². The number of likely N-dealkylation sites (tertiary alicyclic amines) is 1. The van der Waals surface area contributed by atoms with Gasteiger partial charge in [-0.2, -0.15) is 0 Å². The van der Waals surface area contributed by atoms with E-state index in [1.54, 1.807) is 25.7 Å². The van der Waals surface area contributed by atoms with Gasteiger partial charge in [0.25, 0.3) is 0 Å². The molecule has 1 atom stereocenters. The van der Waals surface area contributed by atoms with Crippen LogP contribution in [0.3, 0.4) is 0 Å². The van der Waals surface area contributed by atoms with E-state index in [0.29, 0.717) is 19.0 Å². The molecule has 2 aliphatic rings. The molecule has 0 spiro atoms. The minimum atomic E-state index is -0.541. The number of carbonyl (C=O) groups excluding carboxylic acids is 3. The van der Waals surface area contributed by atoms with Crippen LogP contribution in [0.2, 0.25) is 0 Å². The molecule has 1 aliphatic carbocycles. The maximum Gasteiger partial charge on any atom is 0.306 e. The molecule has 124 valence electrons. The third-order valence-electron chi connectivity index (χ3n) is 3.76. The Bertz CT molecular complexity index is 452. The summed E-state index contributed by atoms with van der Waals surface area (Å²) in [7, 11) is 0. The molecule has 0 aromatic heterocycles. The molecule has 2 rings (SSSR count). The van der Waals surface area contributed by atoms with Crippen molar-refractivity contribution in [2.75, 3.05) is 6.54 Å². The largest absolute Gasteiger partial charge is 0.460 e. The minimum absolute atomic E-state index is 0.0504. The molecular weight excluding hydrogens is 284 g/mol. The standard InChI is InChI=1S/C16H26N2O4/c1-16(2,3)22-14(20)9-8-13(19)18-10-4-5-12(18)15(21)17-11-6-7-11/h11-12H,4-10H2,1-3H3,(H,17,21)/t12-/m0/s1. The molecule has 1 saturated heterocycles. The highest BCUT2D eigenvalue weighted by Crippen LogP contribution is 2.23. The number of nitrogens with zero attached hydrogens (tertiary/aromatic N) is 1. The molecule has 22 heavy (non-hydrogen) atoms. The molecule has 6 nitrogen and oxygen atoms in total. The number of ether oxygens (including phenoxy) is 1. The number of hydrogen-bond acceptors (Lipinski definition) is 4. The van der Waals surface area contributed by atoms with Gasteiger partial charge in [0, 0.05) is 19.0 Å². The van der Waals surface area contributed by atoms with Gasteiger partial charge in [-0.25, -0.2) is 0 Å². The van der Waals surface area contributed by atoms with Gasteiger partial charge in [-0.1, -0.05) is 0 Å². The third-order valence-corrected chi connectivity index (χ3v) is 3.76. The van der Waals surface area contributed by atoms with Gasteiger partial charge in [-0.05, 0) is 46.5 Å². The van der Waals surface area contributed by atoms with Crippen LogP contribution < -0.4 is 5.32 Å². The Morgan fingerprint density at radius 2 is 1.82 bits per heavy atom. The van der Waals surface area contributed by atoms with Crippen molar-refractivity contribution in [2.24, 2.45) is 0 Å². The quantitative estimate of drug-likeness (QED) is 0.778. The van der Waals surface area contributed by atoms with Crippen molar-refractivity contribution in [1.82, 2.24) is 10.2 Å². The van der Waals surface area contributed by atoms with Gasteiger partial charge in [0.05, 0.1) is 6.42 Å². The average molecular weight is 310 g/mol. The highest BCUT2D eigenvalue weighted by Gasteiger charge is 2.36. The van der Waals surface area contributed by atoms with Crippen molar-refractivity contribution in [3.63, 3.8) is 0 Å². The molecule has 1 heterocycles. The second-order valence-corrected chi connectivity index (χ2v) is 7.11. The molecule has 6 heteroatoms. The van der Waals surface area contributed by atoms with Crippen molar-refractivity contribution >= 4 is 17.8 Å². The van der Waals surface area contributed by atoms with Crippen molar-refractivity contribution in [2.45, 2.75) is 77.0 Å². The van der Waals surface area contributed by atoms with Crippen molar-refractivity contribution in [3.05, 3.63) is 0 Å². The first-order valence-electron chi connectivity index (χ1n) is 8.08. The number of hydrogen-bond donors (Lipinski definition) is 1. The van der Waals surface area contributed by atoms with E-state index in [4.69, 9.17) is 4.74 Å². The Morgan fingerprint density at radius 1 is 1.14 bits per heavy atom. The summed E-state index contributed by atoms with van der Waals surface area (Å²) in [6, 6.07) is -0.0708. The number of esters is 1. The number of rotatable bonds is 5. The van der Waals surface area contributed by atoms with Gasteiger partial charge in [0.1, 0.15) is 11.6 Å². The lowest BCUT2D eigenvalue weighted by atomic mass is 10.1. The lowest BCUT2D eigenvalue weighted by molar-refractivity contribution is -0.156. The first-order valence-corrected chi connectivity index (χ1v) is 8.08. The van der Waals surface area contributed by atoms with E-state index in [1.165, 1.54) is 0 Å². The first-order chi connectivity index (χ1) is 10.3. The van der Waals surface area contributed by atoms with E-state index in [1.807, 2.05) is 0 Å². The highest BCUT2D eigenvalue weighted by atomic mass is 16.6. The predicted molar refractivity (Wildman–Crippen MR) is 81.0 cm³/mol. The SMILES string of the molecule is CC(C)(C)OC(=O)CCC(=O)N1CCC[C@H]1C(=O)NC1CC1. The van der Waals surface area contributed by atoms with Crippen LogP contribution in [0.4, 0.5) is 0 Å². The summed E-state index contributed by atoms with van der Waals surface area (Å²) in [5.74, 6) is -0.566. The number of amides is 2. The van der Waals surface area contributed by atoms with Crippen LogP contribution in [0.25, 0.3) is 0 Å². The van der Waals surface area contributed by atoms with E-state index in [9.17, 15) is 14.4 Å². The Morgan fingerprint density at radius 3 is 2.41 bits per heavy atom. The smallest absolute Gasteiger partial charge is 0.306 e. The second kappa shape index (κ2) is 6.67. The Kier molecular flexibility index (Phi) is 5.08. The van der Waals surface area contributed by atoms with Gasteiger partial charge in [0.2, 0.25) is 11.8 Å². The molecule has 2 fully saturated rings. The molecule has 0 aromatic carbocycles. The zero-order valence-corrected chi connectivity index (χ0v) is 13.7. The summed E-state index contributed by atoms with van der Waals surface area (Å²) in [5.41, 5.74) is -0.541. The van der Waals surface area contributed by atoms with Crippen LogP contribution in [0.15, 0.2) is 0 Å². The summed E-state index contributed by atoms with van der Waals surface area (Å²) in [6.45, 7) is 5.98. The molecule has 1 aliphatic heterocycles. The zero-order valence-electron chi connectivity index (χ0n) is 13.7. The molecule has 1 saturated carbocycles. The van der Waals surface area contributed by atoms with Crippen molar-refractivity contribution < 1.29 is 19.1 Å². The van der Waals surface area contributed by atoms with Crippen LogP contribution >= 0.6 is 0 Å². The Labute approximate surface area is 131 Å². The fourth-order valence-corrected chi connectivity index (χ4v) is 2.61. The normalized spacial score (nSPS) is 21.6. The maximum atomic E-state index is 12.3. The van der Waals surface area contributed by atoms with Crippen LogP contribution in [0.1, 0.15) is 59.3 Å². The summed E-state index contributed by atoms with van der Waals surface area (Å²) < 4.78 is 5.20. The Hall–Kier alpha value is -1.59. The second-order valence-electron chi connectivity index (χ2n) is 7.11. The van der Waals surface area contributed by atoms with Crippen LogP contribution in [0, 0.1) is 0 Å². The van der Waals surface area contributed by atoms with E-state index in [2.05, 4.69) is 5.32 Å². The monoisotopic (exact) mass is 310 g/mol. The molecular formula is C16H26N2O4. The third kappa shape index (κ3) is 5.00. The first kappa shape index (κ1) is 16.8. The molecule has 2 amide bonds. The van der Waals surface area contributed by atoms with Gasteiger partial charge in [-0.3, -0.25) is 14.4 Å². The average Bonchev–Trinajstić information content (AvgIpc) is 3.06. The molecule has 1 N–H and O–H groups in total. The summed E-state index contributed by atoms with van der Waals surface area (Å²) in [5, 5.41) is 2.95. The van der Waals surface area contributed by atoms with E-state index in [-0.39, 0.29) is 36.7 Å². The van der Waals surface area contributed by atoms with E-state index >= 15 is 0 Å². The summed E-state index contributed by atoms with van der Waals surface area (Å²) >= 11 is 0. The van der Waals surface area contributed by atoms with Gasteiger partial charge < -0.3 is 15.0 Å². The van der Waals surface area contributed by atoms with Gasteiger partial charge in [-0.15, -0.1) is 0 Å². The fourth-order valence-electron chi connectivity index (χ4n) is 2.61.